The van der Waals surface area contributed by atoms with E-state index in [2.05, 4.69) is 0 Å². The number of nitro benzene ring substituents is 1. The lowest BCUT2D eigenvalue weighted by molar-refractivity contribution is -0.384. The first kappa shape index (κ1) is 11.9. The molecule has 1 aromatic carbocycles. The molecule has 0 spiro atoms. The lowest BCUT2D eigenvalue weighted by Crippen LogP contribution is -2.03. The van der Waals surface area contributed by atoms with Gasteiger partial charge in [0, 0.05) is 12.5 Å². The molecule has 0 unspecified atom stereocenters. The molecule has 0 fully saturated rings. The monoisotopic (exact) mass is 247 g/mol. The van der Waals surface area contributed by atoms with E-state index in [1.54, 1.807) is 0 Å². The molecular weight excluding hydrogens is 241 g/mol. The Morgan fingerprint density at radius 3 is 2.60 bits per heavy atom. The Labute approximate surface area is 95.9 Å². The average Bonchev–Trinajstić information content (AvgIpc) is 2.17. The topological polar surface area (TPSA) is 60.2 Å². The van der Waals surface area contributed by atoms with Gasteiger partial charge in [0.15, 0.2) is 5.78 Å². The van der Waals surface area contributed by atoms with Gasteiger partial charge in [0.1, 0.15) is 5.02 Å². The lowest BCUT2D eigenvalue weighted by atomic mass is 10.1. The van der Waals surface area contributed by atoms with E-state index in [1.807, 2.05) is 0 Å². The van der Waals surface area contributed by atoms with Crippen LogP contribution >= 0.6 is 23.2 Å². The molecule has 1 rings (SSSR count). The van der Waals surface area contributed by atoms with Crippen molar-refractivity contribution in [2.24, 2.45) is 0 Å². The number of carbonyl (C=O) groups excluding carboxylic acids is 1. The molecule has 0 atom stereocenters. The summed E-state index contributed by atoms with van der Waals surface area (Å²) in [7, 11) is 0. The Hall–Kier alpha value is -1.13. The number of ketones is 1. The predicted octanol–water partition coefficient (Wildman–Crippen LogP) is 2.60. The largest absolute Gasteiger partial charge is 0.298 e. The second kappa shape index (κ2) is 5.09. The third-order valence-corrected chi connectivity index (χ3v) is 2.36. The van der Waals surface area contributed by atoms with E-state index in [9.17, 15) is 14.9 Å². The van der Waals surface area contributed by atoms with Gasteiger partial charge in [0.2, 0.25) is 0 Å². The van der Waals surface area contributed by atoms with Gasteiger partial charge in [0.25, 0.3) is 5.69 Å². The van der Waals surface area contributed by atoms with Crippen LogP contribution in [0.2, 0.25) is 5.02 Å². The summed E-state index contributed by atoms with van der Waals surface area (Å²) in [6, 6.07) is 4.18. The van der Waals surface area contributed by atoms with Crippen molar-refractivity contribution in [2.45, 2.75) is 6.42 Å². The minimum Gasteiger partial charge on any atom is -0.298 e. The molecule has 0 bridgehead atoms. The molecule has 6 heteroatoms. The van der Waals surface area contributed by atoms with Crippen molar-refractivity contribution in [1.29, 1.82) is 0 Å². The van der Waals surface area contributed by atoms with Gasteiger partial charge in [-0.15, -0.1) is 11.6 Å². The van der Waals surface area contributed by atoms with Gasteiger partial charge in [-0.05, 0) is 11.6 Å². The van der Waals surface area contributed by atoms with E-state index >= 15 is 0 Å². The standard InChI is InChI=1S/C9H7Cl2NO3/c10-5-7(13)3-6-1-2-9(12(14)15)8(11)4-6/h1-2,4H,3,5H2. The van der Waals surface area contributed by atoms with E-state index < -0.39 is 4.92 Å². The summed E-state index contributed by atoms with van der Waals surface area (Å²) in [6.45, 7) is 0. The van der Waals surface area contributed by atoms with Crippen LogP contribution < -0.4 is 0 Å². The van der Waals surface area contributed by atoms with Crippen LogP contribution in [0.5, 0.6) is 0 Å². The fraction of sp³-hybridized carbons (Fsp3) is 0.222. The fourth-order valence-corrected chi connectivity index (χ4v) is 1.45. The maximum absolute atomic E-state index is 11.0. The Morgan fingerprint density at radius 1 is 1.47 bits per heavy atom. The minimum absolute atomic E-state index is 0.0277. The van der Waals surface area contributed by atoms with Gasteiger partial charge in [0.05, 0.1) is 10.8 Å². The lowest BCUT2D eigenvalue weighted by Gasteiger charge is -2.00. The molecule has 0 radical (unpaired) electrons. The molecule has 0 aliphatic heterocycles. The quantitative estimate of drug-likeness (QED) is 0.467. The summed E-state index contributed by atoms with van der Waals surface area (Å²) >= 11 is 11.0. The summed E-state index contributed by atoms with van der Waals surface area (Å²) in [6.07, 6.45) is 0.140. The van der Waals surface area contributed by atoms with Crippen LogP contribution in [0.3, 0.4) is 0 Å². The first-order valence-corrected chi connectivity index (χ1v) is 4.96. The number of nitrogens with zero attached hydrogens (tertiary/aromatic N) is 1. The molecular formula is C9H7Cl2NO3. The van der Waals surface area contributed by atoms with Crippen LogP contribution in [0.15, 0.2) is 18.2 Å². The first-order chi connectivity index (χ1) is 7.04. The smallest absolute Gasteiger partial charge is 0.287 e. The van der Waals surface area contributed by atoms with Gasteiger partial charge in [-0.25, -0.2) is 0 Å². The third-order valence-electron chi connectivity index (χ3n) is 1.76. The molecule has 0 saturated carbocycles. The highest BCUT2D eigenvalue weighted by atomic mass is 35.5. The highest BCUT2D eigenvalue weighted by molar-refractivity contribution is 6.32. The van der Waals surface area contributed by atoms with Gasteiger partial charge < -0.3 is 0 Å². The summed E-state index contributed by atoms with van der Waals surface area (Å²) in [5.41, 5.74) is 0.454. The van der Waals surface area contributed by atoms with Crippen molar-refractivity contribution >= 4 is 34.7 Å². The SMILES string of the molecule is O=C(CCl)Cc1ccc([N+](=O)[O-])c(Cl)c1. The van der Waals surface area contributed by atoms with Crippen molar-refractivity contribution in [3.63, 3.8) is 0 Å². The number of carbonyl (C=O) groups is 1. The van der Waals surface area contributed by atoms with E-state index in [0.717, 1.165) is 0 Å². The van der Waals surface area contributed by atoms with Gasteiger partial charge >= 0.3 is 0 Å². The van der Waals surface area contributed by atoms with Crippen LogP contribution in [0.1, 0.15) is 5.56 Å². The molecule has 0 amide bonds. The second-order valence-corrected chi connectivity index (χ2v) is 3.57. The van der Waals surface area contributed by atoms with Crippen LogP contribution in [-0.4, -0.2) is 16.6 Å². The van der Waals surface area contributed by atoms with Crippen LogP contribution in [0, 0.1) is 10.1 Å². The Kier molecular flexibility index (Phi) is 4.05. The number of hydrogen-bond acceptors (Lipinski definition) is 3. The van der Waals surface area contributed by atoms with Crippen molar-refractivity contribution < 1.29 is 9.72 Å². The van der Waals surface area contributed by atoms with Gasteiger partial charge in [-0.1, -0.05) is 17.7 Å². The van der Waals surface area contributed by atoms with Gasteiger partial charge in [-0.3, -0.25) is 14.9 Å². The zero-order valence-corrected chi connectivity index (χ0v) is 9.09. The summed E-state index contributed by atoms with van der Waals surface area (Å²) < 4.78 is 0. The zero-order valence-electron chi connectivity index (χ0n) is 7.57. The molecule has 0 N–H and O–H groups in total. The van der Waals surface area contributed by atoms with E-state index in [1.165, 1.54) is 18.2 Å². The van der Waals surface area contributed by atoms with Crippen molar-refractivity contribution in [3.05, 3.63) is 38.9 Å². The van der Waals surface area contributed by atoms with Crippen molar-refractivity contribution in [2.75, 3.05) is 5.88 Å². The third kappa shape index (κ3) is 3.18. The van der Waals surface area contributed by atoms with Crippen molar-refractivity contribution in [3.8, 4) is 0 Å². The number of alkyl halides is 1. The summed E-state index contributed by atoms with van der Waals surface area (Å²) in [5, 5.41) is 10.5. The predicted molar refractivity (Wildman–Crippen MR) is 57.5 cm³/mol. The molecule has 0 aliphatic carbocycles. The highest BCUT2D eigenvalue weighted by Crippen LogP contribution is 2.25. The summed E-state index contributed by atoms with van der Waals surface area (Å²) in [5.74, 6) is -0.226. The Morgan fingerprint density at radius 2 is 2.13 bits per heavy atom. The van der Waals surface area contributed by atoms with E-state index in [4.69, 9.17) is 23.2 Å². The Bertz CT molecular complexity index is 406. The second-order valence-electron chi connectivity index (χ2n) is 2.89. The van der Waals surface area contributed by atoms with Crippen molar-refractivity contribution in [1.82, 2.24) is 0 Å². The minimum atomic E-state index is -0.574. The average molecular weight is 248 g/mol. The number of nitro groups is 1. The zero-order chi connectivity index (χ0) is 11.4. The first-order valence-electron chi connectivity index (χ1n) is 4.05. The molecule has 4 nitrogen and oxygen atoms in total. The number of rotatable bonds is 4. The number of Topliss-reactive ketones (excluding diaryl/α,β-unsaturated/α-hetero) is 1. The molecule has 0 heterocycles. The normalized spacial score (nSPS) is 10.0. The van der Waals surface area contributed by atoms with E-state index in [-0.39, 0.29) is 28.8 Å². The molecule has 0 aromatic heterocycles. The molecule has 1 aromatic rings. The van der Waals surface area contributed by atoms with Crippen LogP contribution in [-0.2, 0) is 11.2 Å². The Balaban J connectivity index is 2.91. The van der Waals surface area contributed by atoms with Gasteiger partial charge in [-0.2, -0.15) is 0 Å². The van der Waals surface area contributed by atoms with Crippen LogP contribution in [0.25, 0.3) is 0 Å². The number of benzene rings is 1. The number of hydrogen-bond donors (Lipinski definition) is 0. The van der Waals surface area contributed by atoms with E-state index in [0.29, 0.717) is 5.56 Å². The maximum atomic E-state index is 11.0. The fourth-order valence-electron chi connectivity index (χ4n) is 1.08. The molecule has 80 valence electrons. The number of halogens is 2. The molecule has 0 aliphatic rings. The van der Waals surface area contributed by atoms with Crippen LogP contribution in [0.4, 0.5) is 5.69 Å². The maximum Gasteiger partial charge on any atom is 0.287 e. The molecule has 15 heavy (non-hydrogen) atoms. The summed E-state index contributed by atoms with van der Waals surface area (Å²) in [4.78, 5) is 20.9. The highest BCUT2D eigenvalue weighted by Gasteiger charge is 2.12. The molecule has 0 saturated heterocycles.